The largest absolute Gasteiger partial charge is 0.126 e. The van der Waals surface area contributed by atoms with Crippen LogP contribution < -0.4 is 0 Å². The quantitative estimate of drug-likeness (QED) is 0.607. The van der Waals surface area contributed by atoms with E-state index in [0.29, 0.717) is 0 Å². The van der Waals surface area contributed by atoms with E-state index in [9.17, 15) is 0 Å². The molecule has 0 saturated heterocycles. The molecule has 0 amide bonds. The fourth-order valence-electron chi connectivity index (χ4n) is 1.92. The molecule has 2 heteroatoms. The highest BCUT2D eigenvalue weighted by atomic mass is 32.2. The number of fused-ring (bicyclic) bond motifs is 1. The van der Waals surface area contributed by atoms with E-state index >= 15 is 0 Å². The molecule has 0 atom stereocenters. The Morgan fingerprint density at radius 2 is 1.17 bits per heavy atom. The molecule has 0 radical (unpaired) electrons. The third-order valence-electron chi connectivity index (χ3n) is 2.77. The molecule has 0 aromatic heterocycles. The Morgan fingerprint density at radius 1 is 0.722 bits per heavy atom. The van der Waals surface area contributed by atoms with Crippen LogP contribution >= 0.6 is 23.5 Å². The van der Waals surface area contributed by atoms with Crippen molar-refractivity contribution in [2.45, 2.75) is 36.5 Å². The Bertz CT molecular complexity index is 459. The van der Waals surface area contributed by atoms with Crippen molar-refractivity contribution in [3.63, 3.8) is 0 Å². The van der Waals surface area contributed by atoms with Gasteiger partial charge in [0, 0.05) is 9.79 Å². The predicted molar refractivity (Wildman–Crippen MR) is 86.0 cm³/mol. The lowest BCUT2D eigenvalue weighted by atomic mass is 10.1. The SMILES string of the molecule is CCCSc1ccc(SCCC)c2ccccc12. The van der Waals surface area contributed by atoms with Crippen LogP contribution in [-0.4, -0.2) is 11.5 Å². The van der Waals surface area contributed by atoms with Crippen LogP contribution in [0.5, 0.6) is 0 Å². The Hall–Kier alpha value is -0.600. The minimum Gasteiger partial charge on any atom is -0.126 e. The van der Waals surface area contributed by atoms with Crippen LogP contribution in [0.25, 0.3) is 10.8 Å². The molecular weight excluding hydrogens is 256 g/mol. The summed E-state index contributed by atoms with van der Waals surface area (Å²) in [5, 5.41) is 2.83. The molecule has 0 saturated carbocycles. The monoisotopic (exact) mass is 276 g/mol. The van der Waals surface area contributed by atoms with Crippen LogP contribution in [-0.2, 0) is 0 Å². The normalized spacial score (nSPS) is 11.0. The molecule has 0 fully saturated rings. The van der Waals surface area contributed by atoms with Gasteiger partial charge in [0.05, 0.1) is 0 Å². The van der Waals surface area contributed by atoms with Gasteiger partial charge in [-0.2, -0.15) is 0 Å². The predicted octanol–water partition coefficient (Wildman–Crippen LogP) is 5.84. The van der Waals surface area contributed by atoms with Crippen molar-refractivity contribution >= 4 is 34.3 Å². The second-order valence-corrected chi connectivity index (χ2v) is 6.58. The highest BCUT2D eigenvalue weighted by molar-refractivity contribution is 8.00. The van der Waals surface area contributed by atoms with Crippen molar-refractivity contribution in [2.24, 2.45) is 0 Å². The maximum atomic E-state index is 2.29. The topological polar surface area (TPSA) is 0 Å². The van der Waals surface area contributed by atoms with E-state index in [1.807, 2.05) is 23.5 Å². The average molecular weight is 276 g/mol. The third kappa shape index (κ3) is 3.24. The standard InChI is InChI=1S/C16H20S2/c1-3-11-17-15-9-10-16(18-12-4-2)14-8-6-5-7-13(14)15/h5-10H,3-4,11-12H2,1-2H3. The van der Waals surface area contributed by atoms with Crippen LogP contribution in [0.4, 0.5) is 0 Å². The Kier molecular flexibility index (Phi) is 5.45. The zero-order valence-electron chi connectivity index (χ0n) is 11.1. The molecule has 0 N–H and O–H groups in total. The number of benzene rings is 2. The molecule has 2 aromatic carbocycles. The summed E-state index contributed by atoms with van der Waals surface area (Å²) >= 11 is 3.95. The summed E-state index contributed by atoms with van der Waals surface area (Å²) in [6.07, 6.45) is 2.46. The van der Waals surface area contributed by atoms with Gasteiger partial charge < -0.3 is 0 Å². The highest BCUT2D eigenvalue weighted by Gasteiger charge is 2.05. The van der Waals surface area contributed by atoms with Gasteiger partial charge in [-0.05, 0) is 47.3 Å². The number of hydrogen-bond donors (Lipinski definition) is 0. The fraction of sp³-hybridized carbons (Fsp3) is 0.375. The lowest BCUT2D eigenvalue weighted by Crippen LogP contribution is -1.84. The lowest BCUT2D eigenvalue weighted by Gasteiger charge is -2.10. The van der Waals surface area contributed by atoms with Gasteiger partial charge in [0.15, 0.2) is 0 Å². The van der Waals surface area contributed by atoms with E-state index in [1.165, 1.54) is 44.9 Å². The van der Waals surface area contributed by atoms with Crippen molar-refractivity contribution < 1.29 is 0 Å². The molecule has 0 spiro atoms. The Balaban J connectivity index is 2.38. The fourth-order valence-corrected chi connectivity index (χ4v) is 3.76. The van der Waals surface area contributed by atoms with Gasteiger partial charge in [-0.25, -0.2) is 0 Å². The Labute approximate surface area is 119 Å². The van der Waals surface area contributed by atoms with E-state index in [2.05, 4.69) is 50.2 Å². The van der Waals surface area contributed by atoms with Gasteiger partial charge in [-0.3, -0.25) is 0 Å². The molecule has 0 unspecified atom stereocenters. The molecule has 2 rings (SSSR count). The molecule has 0 aliphatic heterocycles. The molecule has 0 bridgehead atoms. The molecule has 18 heavy (non-hydrogen) atoms. The van der Waals surface area contributed by atoms with Crippen LogP contribution in [0.2, 0.25) is 0 Å². The third-order valence-corrected chi connectivity index (χ3v) is 5.33. The molecular formula is C16H20S2. The first-order valence-corrected chi connectivity index (χ1v) is 8.61. The second-order valence-electron chi connectivity index (χ2n) is 4.30. The summed E-state index contributed by atoms with van der Waals surface area (Å²) in [5.41, 5.74) is 0. The molecule has 0 nitrogen and oxygen atoms in total. The summed E-state index contributed by atoms with van der Waals surface area (Å²) in [4.78, 5) is 2.85. The van der Waals surface area contributed by atoms with Gasteiger partial charge >= 0.3 is 0 Å². The minimum absolute atomic E-state index is 1.20. The first kappa shape index (κ1) is 13.8. The number of hydrogen-bond acceptors (Lipinski definition) is 2. The summed E-state index contributed by atoms with van der Waals surface area (Å²) in [7, 11) is 0. The maximum Gasteiger partial charge on any atom is 0.0151 e. The van der Waals surface area contributed by atoms with Crippen LogP contribution in [0, 0.1) is 0 Å². The van der Waals surface area contributed by atoms with Gasteiger partial charge in [0.1, 0.15) is 0 Å². The van der Waals surface area contributed by atoms with E-state index in [4.69, 9.17) is 0 Å². The van der Waals surface area contributed by atoms with E-state index in [-0.39, 0.29) is 0 Å². The van der Waals surface area contributed by atoms with E-state index in [1.54, 1.807) is 0 Å². The summed E-state index contributed by atoms with van der Waals surface area (Å²) < 4.78 is 0. The summed E-state index contributed by atoms with van der Waals surface area (Å²) in [6.45, 7) is 4.47. The first-order valence-electron chi connectivity index (χ1n) is 6.64. The van der Waals surface area contributed by atoms with Crippen LogP contribution in [0.1, 0.15) is 26.7 Å². The van der Waals surface area contributed by atoms with Crippen molar-refractivity contribution in [1.82, 2.24) is 0 Å². The smallest absolute Gasteiger partial charge is 0.0151 e. The van der Waals surface area contributed by atoms with Gasteiger partial charge in [0.2, 0.25) is 0 Å². The van der Waals surface area contributed by atoms with Crippen molar-refractivity contribution in [1.29, 1.82) is 0 Å². The molecule has 2 aromatic rings. The Morgan fingerprint density at radius 3 is 1.56 bits per heavy atom. The van der Waals surface area contributed by atoms with Gasteiger partial charge in [-0.1, -0.05) is 38.1 Å². The average Bonchev–Trinajstić information content (AvgIpc) is 2.43. The minimum atomic E-state index is 1.20. The zero-order valence-corrected chi connectivity index (χ0v) is 12.7. The maximum absolute atomic E-state index is 2.29. The van der Waals surface area contributed by atoms with Crippen LogP contribution in [0.15, 0.2) is 46.2 Å². The molecule has 0 aliphatic carbocycles. The summed E-state index contributed by atoms with van der Waals surface area (Å²) in [6, 6.07) is 13.4. The second kappa shape index (κ2) is 7.10. The van der Waals surface area contributed by atoms with Crippen molar-refractivity contribution in [2.75, 3.05) is 11.5 Å². The molecule has 96 valence electrons. The number of rotatable bonds is 6. The van der Waals surface area contributed by atoms with Crippen LogP contribution in [0.3, 0.4) is 0 Å². The number of thioether (sulfide) groups is 2. The van der Waals surface area contributed by atoms with E-state index < -0.39 is 0 Å². The first-order chi connectivity index (χ1) is 8.86. The van der Waals surface area contributed by atoms with Crippen molar-refractivity contribution in [3.8, 4) is 0 Å². The van der Waals surface area contributed by atoms with Crippen molar-refractivity contribution in [3.05, 3.63) is 36.4 Å². The zero-order chi connectivity index (χ0) is 12.8. The van der Waals surface area contributed by atoms with Gasteiger partial charge in [-0.15, -0.1) is 23.5 Å². The summed E-state index contributed by atoms with van der Waals surface area (Å²) in [5.74, 6) is 2.40. The molecule has 0 aliphatic rings. The van der Waals surface area contributed by atoms with Gasteiger partial charge in [0.25, 0.3) is 0 Å². The highest BCUT2D eigenvalue weighted by Crippen LogP contribution is 2.35. The lowest BCUT2D eigenvalue weighted by molar-refractivity contribution is 1.10. The van der Waals surface area contributed by atoms with E-state index in [0.717, 1.165) is 0 Å². The molecule has 0 heterocycles.